The third-order valence-corrected chi connectivity index (χ3v) is 8.16. The Labute approximate surface area is 189 Å². The van der Waals surface area contributed by atoms with Crippen molar-refractivity contribution in [3.8, 4) is 0 Å². The lowest BCUT2D eigenvalue weighted by Gasteiger charge is -2.11. The summed E-state index contributed by atoms with van der Waals surface area (Å²) in [5, 5.41) is 13.3. The van der Waals surface area contributed by atoms with Gasteiger partial charge < -0.3 is 5.32 Å². The van der Waals surface area contributed by atoms with Crippen molar-refractivity contribution in [2.75, 3.05) is 5.32 Å². The third kappa shape index (κ3) is 3.25. The summed E-state index contributed by atoms with van der Waals surface area (Å²) >= 11 is 1.51. The molecule has 5 aromatic rings. The van der Waals surface area contributed by atoms with Crippen molar-refractivity contribution < 1.29 is 8.42 Å². The van der Waals surface area contributed by atoms with Crippen LogP contribution >= 0.6 is 11.3 Å². The minimum absolute atomic E-state index is 0.155. The molecule has 5 rings (SSSR count). The van der Waals surface area contributed by atoms with Crippen LogP contribution in [0.1, 0.15) is 22.3 Å². The lowest BCUT2D eigenvalue weighted by atomic mass is 10.1. The van der Waals surface area contributed by atoms with E-state index in [0.717, 1.165) is 32.6 Å². The van der Waals surface area contributed by atoms with Crippen molar-refractivity contribution in [1.29, 1.82) is 0 Å². The highest BCUT2D eigenvalue weighted by Crippen LogP contribution is 2.33. The van der Waals surface area contributed by atoms with Crippen LogP contribution < -0.4 is 5.32 Å². The molecule has 3 heterocycles. The highest BCUT2D eigenvalue weighted by molar-refractivity contribution is 7.91. The van der Waals surface area contributed by atoms with Gasteiger partial charge >= 0.3 is 0 Å². The van der Waals surface area contributed by atoms with Crippen LogP contribution in [0.2, 0.25) is 0 Å². The number of nitrogens with zero attached hydrogens (tertiary/aromatic N) is 4. The molecule has 0 radical (unpaired) electrons. The van der Waals surface area contributed by atoms with Crippen LogP contribution in [0.3, 0.4) is 0 Å². The first-order valence-corrected chi connectivity index (χ1v) is 12.4. The maximum atomic E-state index is 13.4. The summed E-state index contributed by atoms with van der Waals surface area (Å²) < 4.78 is 29.2. The smallest absolute Gasteiger partial charge is 0.229 e. The number of fused-ring (bicyclic) bond motifs is 3. The minimum atomic E-state index is -3.90. The number of rotatable bonds is 4. The zero-order valence-corrected chi connectivity index (χ0v) is 19.7. The standard InChI is InChI=1S/C23H21N5O2S2/c1-13-5-8-18(16(4)11-13)24-21-20-19(9-10-31-20)28-22(25-21)23(26-27-28)32(29,30)17-7-6-14(2)15(3)12-17/h5-12H,1-4H3,(H,24,25). The van der Waals surface area contributed by atoms with Crippen LogP contribution in [0, 0.1) is 27.7 Å². The van der Waals surface area contributed by atoms with E-state index in [-0.39, 0.29) is 15.6 Å². The Bertz CT molecular complexity index is 1620. The molecular weight excluding hydrogens is 442 g/mol. The molecule has 0 fully saturated rings. The Hall–Kier alpha value is -3.30. The Balaban J connectivity index is 1.71. The van der Waals surface area contributed by atoms with Crippen molar-refractivity contribution in [2.45, 2.75) is 37.6 Å². The molecule has 3 aromatic heterocycles. The van der Waals surface area contributed by atoms with Crippen LogP contribution in [0.25, 0.3) is 15.9 Å². The normalized spacial score (nSPS) is 12.0. The maximum Gasteiger partial charge on any atom is 0.229 e. The Kier molecular flexibility index (Phi) is 4.75. The summed E-state index contributed by atoms with van der Waals surface area (Å²) in [5.41, 5.74) is 6.02. The number of sulfone groups is 1. The van der Waals surface area contributed by atoms with Crippen LogP contribution in [0.4, 0.5) is 11.5 Å². The number of nitrogens with one attached hydrogen (secondary N) is 1. The van der Waals surface area contributed by atoms with Gasteiger partial charge in [-0.15, -0.1) is 16.4 Å². The zero-order chi connectivity index (χ0) is 22.6. The first-order chi connectivity index (χ1) is 15.3. The van der Waals surface area contributed by atoms with E-state index < -0.39 is 9.84 Å². The van der Waals surface area contributed by atoms with Crippen LogP contribution in [0.5, 0.6) is 0 Å². The van der Waals surface area contributed by atoms with Crippen LogP contribution in [0.15, 0.2) is 57.8 Å². The maximum absolute atomic E-state index is 13.4. The number of aryl methyl sites for hydroxylation is 4. The summed E-state index contributed by atoms with van der Waals surface area (Å²) in [5.74, 6) is 0.577. The van der Waals surface area contributed by atoms with E-state index in [1.165, 1.54) is 21.4 Å². The molecule has 0 aliphatic carbocycles. The molecular formula is C23H21N5O2S2. The molecule has 32 heavy (non-hydrogen) atoms. The molecule has 1 N–H and O–H groups in total. The summed E-state index contributed by atoms with van der Waals surface area (Å²) in [7, 11) is -3.90. The monoisotopic (exact) mass is 463 g/mol. The second-order valence-electron chi connectivity index (χ2n) is 7.92. The molecule has 0 atom stereocenters. The van der Waals surface area contributed by atoms with Gasteiger partial charge in [-0.2, -0.15) is 4.52 Å². The number of anilines is 2. The van der Waals surface area contributed by atoms with Gasteiger partial charge in [0.25, 0.3) is 0 Å². The van der Waals surface area contributed by atoms with Crippen LogP contribution in [-0.2, 0) is 9.84 Å². The molecule has 7 nitrogen and oxygen atoms in total. The van der Waals surface area contributed by atoms with Gasteiger partial charge in [0.2, 0.25) is 14.9 Å². The molecule has 0 amide bonds. The van der Waals surface area contributed by atoms with E-state index in [0.29, 0.717) is 5.82 Å². The number of aromatic nitrogens is 4. The van der Waals surface area contributed by atoms with Gasteiger partial charge in [0.05, 0.1) is 15.1 Å². The van der Waals surface area contributed by atoms with Gasteiger partial charge in [-0.1, -0.05) is 29.0 Å². The fraction of sp³-hybridized carbons (Fsp3) is 0.174. The van der Waals surface area contributed by atoms with Crippen LogP contribution in [-0.4, -0.2) is 28.2 Å². The average Bonchev–Trinajstić information content (AvgIpc) is 3.39. The summed E-state index contributed by atoms with van der Waals surface area (Å²) in [6.07, 6.45) is 0. The fourth-order valence-corrected chi connectivity index (χ4v) is 5.79. The lowest BCUT2D eigenvalue weighted by molar-refractivity contribution is 0.592. The van der Waals surface area contributed by atoms with Crippen molar-refractivity contribution in [3.05, 3.63) is 70.1 Å². The number of hydrogen-bond donors (Lipinski definition) is 1. The minimum Gasteiger partial charge on any atom is -0.339 e. The van der Waals surface area contributed by atoms with E-state index in [9.17, 15) is 8.42 Å². The Morgan fingerprint density at radius 3 is 2.50 bits per heavy atom. The molecule has 0 saturated carbocycles. The van der Waals surface area contributed by atoms with Crippen molar-refractivity contribution in [3.63, 3.8) is 0 Å². The molecule has 2 aromatic carbocycles. The fourth-order valence-electron chi connectivity index (χ4n) is 3.66. The SMILES string of the molecule is Cc1ccc(Nc2nc3c(S(=O)(=O)c4ccc(C)c(C)c4)nnn3c3ccsc23)c(C)c1. The lowest BCUT2D eigenvalue weighted by Crippen LogP contribution is -2.06. The number of benzene rings is 2. The van der Waals surface area contributed by atoms with Crippen molar-refractivity contribution >= 4 is 48.5 Å². The van der Waals surface area contributed by atoms with Gasteiger partial charge in [0, 0.05) is 5.69 Å². The number of thiophene rings is 1. The molecule has 0 aliphatic heterocycles. The molecule has 0 saturated heterocycles. The Morgan fingerprint density at radius 2 is 1.75 bits per heavy atom. The molecule has 0 unspecified atom stereocenters. The van der Waals surface area contributed by atoms with Gasteiger partial charge in [-0.3, -0.25) is 0 Å². The molecule has 0 aliphatic rings. The van der Waals surface area contributed by atoms with Gasteiger partial charge in [-0.05, 0) is 74.0 Å². The topological polar surface area (TPSA) is 89.2 Å². The molecule has 162 valence electrons. The summed E-state index contributed by atoms with van der Waals surface area (Å²) in [4.78, 5) is 4.86. The molecule has 9 heteroatoms. The van der Waals surface area contributed by atoms with E-state index >= 15 is 0 Å². The van der Waals surface area contributed by atoms with Crippen molar-refractivity contribution in [2.24, 2.45) is 0 Å². The molecule has 0 bridgehead atoms. The second kappa shape index (κ2) is 7.39. The average molecular weight is 464 g/mol. The predicted octanol–water partition coefficient (Wildman–Crippen LogP) is 5.15. The van der Waals surface area contributed by atoms with E-state index in [4.69, 9.17) is 0 Å². The first-order valence-electron chi connectivity index (χ1n) is 10.0. The Morgan fingerprint density at radius 1 is 0.938 bits per heavy atom. The second-order valence-corrected chi connectivity index (χ2v) is 10.7. The third-order valence-electron chi connectivity index (χ3n) is 5.60. The van der Waals surface area contributed by atoms with Gasteiger partial charge in [0.15, 0.2) is 11.5 Å². The quantitative estimate of drug-likeness (QED) is 0.397. The number of hydrogen-bond acceptors (Lipinski definition) is 7. The van der Waals surface area contributed by atoms with Crippen molar-refractivity contribution in [1.82, 2.24) is 19.8 Å². The largest absolute Gasteiger partial charge is 0.339 e. The van der Waals surface area contributed by atoms with E-state index in [1.54, 1.807) is 18.2 Å². The van der Waals surface area contributed by atoms with Gasteiger partial charge in [-0.25, -0.2) is 13.4 Å². The highest BCUT2D eigenvalue weighted by atomic mass is 32.2. The predicted molar refractivity (Wildman–Crippen MR) is 127 cm³/mol. The van der Waals surface area contributed by atoms with E-state index in [1.807, 2.05) is 51.3 Å². The molecule has 0 spiro atoms. The van der Waals surface area contributed by atoms with Gasteiger partial charge in [0.1, 0.15) is 0 Å². The first kappa shape index (κ1) is 20.6. The van der Waals surface area contributed by atoms with E-state index in [2.05, 4.69) is 26.7 Å². The highest BCUT2D eigenvalue weighted by Gasteiger charge is 2.27. The summed E-state index contributed by atoms with van der Waals surface area (Å²) in [6.45, 7) is 7.89. The zero-order valence-electron chi connectivity index (χ0n) is 18.0. The summed E-state index contributed by atoms with van der Waals surface area (Å²) in [6, 6.07) is 13.1.